The average Bonchev–Trinajstić information content (AvgIpc) is 2.34. The van der Waals surface area contributed by atoms with Crippen molar-refractivity contribution in [1.82, 2.24) is 10.6 Å². The SMILES string of the molecule is O=C(O)CC(O)(CC(=O)O)C(=O)O.O=C1NC(=O)C(=O)C(=O)N1. The van der Waals surface area contributed by atoms with Crippen LogP contribution in [0.15, 0.2) is 0 Å². The van der Waals surface area contributed by atoms with Crippen LogP contribution in [0.5, 0.6) is 0 Å². The molecule has 0 aromatic carbocycles. The number of carboxylic acids is 3. The Balaban J connectivity index is 0.000000433. The molecule has 23 heavy (non-hydrogen) atoms. The zero-order valence-corrected chi connectivity index (χ0v) is 11.1. The Hall–Kier alpha value is -3.35. The van der Waals surface area contributed by atoms with Gasteiger partial charge in [-0.2, -0.15) is 0 Å². The van der Waals surface area contributed by atoms with Crippen LogP contribution < -0.4 is 10.6 Å². The molecule has 0 aromatic rings. The number of nitrogens with one attached hydrogen (secondary N) is 2. The van der Waals surface area contributed by atoms with Gasteiger partial charge in [0.1, 0.15) is 0 Å². The number of hydrogen-bond donors (Lipinski definition) is 6. The van der Waals surface area contributed by atoms with Crippen molar-refractivity contribution in [3.05, 3.63) is 0 Å². The third-order valence-electron chi connectivity index (χ3n) is 2.15. The van der Waals surface area contributed by atoms with Crippen molar-refractivity contribution < 1.29 is 54.0 Å². The monoisotopic (exact) mass is 334 g/mol. The number of urea groups is 1. The van der Waals surface area contributed by atoms with E-state index in [0.29, 0.717) is 0 Å². The summed E-state index contributed by atoms with van der Waals surface area (Å²) in [5.41, 5.74) is -2.74. The van der Waals surface area contributed by atoms with Crippen molar-refractivity contribution in [3.63, 3.8) is 0 Å². The van der Waals surface area contributed by atoms with E-state index in [9.17, 15) is 33.6 Å². The number of imide groups is 2. The summed E-state index contributed by atoms with van der Waals surface area (Å²) in [6, 6.07) is -0.963. The summed E-state index contributed by atoms with van der Waals surface area (Å²) >= 11 is 0. The molecule has 4 amide bonds. The van der Waals surface area contributed by atoms with Crippen LogP contribution in [0, 0.1) is 0 Å². The fourth-order valence-electron chi connectivity index (χ4n) is 1.17. The molecule has 0 saturated carbocycles. The highest BCUT2D eigenvalue weighted by atomic mass is 16.4. The van der Waals surface area contributed by atoms with Crippen LogP contribution >= 0.6 is 0 Å². The van der Waals surface area contributed by atoms with Gasteiger partial charge in [-0.15, -0.1) is 0 Å². The lowest BCUT2D eigenvalue weighted by Crippen LogP contribution is -2.56. The van der Waals surface area contributed by atoms with Crippen molar-refractivity contribution >= 4 is 41.5 Å². The molecule has 1 heterocycles. The largest absolute Gasteiger partial charge is 0.481 e. The topological polar surface area (TPSA) is 224 Å². The van der Waals surface area contributed by atoms with E-state index in [2.05, 4.69) is 0 Å². The predicted octanol–water partition coefficient (Wildman–Crippen LogP) is -3.33. The standard InChI is InChI=1S/C6H8O7.C4H2N2O4/c7-3(8)1-6(13,5(11)12)2-4(9)10;7-1-2(8)5-4(10)6-3(1)9/h13H,1-2H2,(H,7,8)(H,9,10)(H,11,12);(H2,5,6,8,9,10). The molecule has 1 aliphatic rings. The number of aliphatic carboxylic acids is 3. The Kier molecular flexibility index (Phi) is 6.49. The van der Waals surface area contributed by atoms with Gasteiger partial charge in [-0.1, -0.05) is 0 Å². The summed E-state index contributed by atoms with van der Waals surface area (Å²) in [5, 5.41) is 37.0. The first-order chi connectivity index (χ1) is 10.4. The van der Waals surface area contributed by atoms with Gasteiger partial charge in [-0.05, 0) is 0 Å². The van der Waals surface area contributed by atoms with Crippen LogP contribution in [0.2, 0.25) is 0 Å². The highest BCUT2D eigenvalue weighted by Crippen LogP contribution is 2.15. The van der Waals surface area contributed by atoms with E-state index in [1.807, 2.05) is 0 Å². The van der Waals surface area contributed by atoms with Crippen LogP contribution in [0.1, 0.15) is 12.8 Å². The Labute approximate surface area is 125 Å². The minimum absolute atomic E-state index is 0.963. The summed E-state index contributed by atoms with van der Waals surface area (Å²) in [5.74, 6) is -8.64. The lowest BCUT2D eigenvalue weighted by atomic mass is 9.96. The molecule has 13 nitrogen and oxygen atoms in total. The Morgan fingerprint density at radius 1 is 0.826 bits per heavy atom. The Morgan fingerprint density at radius 3 is 1.43 bits per heavy atom. The van der Waals surface area contributed by atoms with Crippen LogP contribution in [-0.4, -0.2) is 67.6 Å². The first-order valence-corrected chi connectivity index (χ1v) is 5.49. The first-order valence-electron chi connectivity index (χ1n) is 5.49. The van der Waals surface area contributed by atoms with Crippen LogP contribution in [0.4, 0.5) is 4.79 Å². The molecule has 13 heteroatoms. The van der Waals surface area contributed by atoms with Gasteiger partial charge >= 0.3 is 41.5 Å². The molecule has 0 atom stereocenters. The lowest BCUT2D eigenvalue weighted by Gasteiger charge is -2.18. The maximum absolute atomic E-state index is 10.3. The minimum atomic E-state index is -2.74. The van der Waals surface area contributed by atoms with Crippen molar-refractivity contribution in [2.24, 2.45) is 0 Å². The molecule has 1 fully saturated rings. The smallest absolute Gasteiger partial charge is 0.336 e. The van der Waals surface area contributed by atoms with E-state index in [1.165, 1.54) is 0 Å². The second kappa shape index (κ2) is 7.60. The summed E-state index contributed by atoms with van der Waals surface area (Å²) in [4.78, 5) is 71.5. The van der Waals surface area contributed by atoms with E-state index in [0.717, 1.165) is 0 Å². The van der Waals surface area contributed by atoms with Crippen LogP contribution in [0.25, 0.3) is 0 Å². The number of Topliss-reactive ketones (excluding diaryl/α,β-unsaturated/α-hetero) is 1. The van der Waals surface area contributed by atoms with Crippen LogP contribution in [0.3, 0.4) is 0 Å². The van der Waals surface area contributed by atoms with Crippen LogP contribution in [-0.2, 0) is 28.8 Å². The molecule has 0 radical (unpaired) electrons. The molecule has 0 bridgehead atoms. The van der Waals surface area contributed by atoms with E-state index in [1.54, 1.807) is 10.6 Å². The number of carbonyl (C=O) groups is 7. The molecule has 6 N–H and O–H groups in total. The minimum Gasteiger partial charge on any atom is -0.481 e. The van der Waals surface area contributed by atoms with E-state index >= 15 is 0 Å². The molecule has 1 rings (SSSR count). The summed E-state index contributed by atoms with van der Waals surface area (Å²) in [7, 11) is 0. The summed E-state index contributed by atoms with van der Waals surface area (Å²) in [6.45, 7) is 0. The molecule has 0 spiro atoms. The second-order valence-electron chi connectivity index (χ2n) is 4.04. The van der Waals surface area contributed by atoms with Gasteiger partial charge in [0.2, 0.25) is 0 Å². The van der Waals surface area contributed by atoms with Crippen molar-refractivity contribution in [1.29, 1.82) is 0 Å². The van der Waals surface area contributed by atoms with Gasteiger partial charge in [0, 0.05) is 0 Å². The maximum atomic E-state index is 10.3. The summed E-state index contributed by atoms with van der Waals surface area (Å²) in [6.07, 6.45) is -2.29. The molecule has 126 valence electrons. The normalized spacial score (nSPS) is 14.1. The van der Waals surface area contributed by atoms with Crippen molar-refractivity contribution in [2.75, 3.05) is 0 Å². The number of carboxylic acid groups (broad SMARTS) is 3. The fraction of sp³-hybridized carbons (Fsp3) is 0.300. The number of rotatable bonds is 5. The number of barbiturate groups is 1. The average molecular weight is 334 g/mol. The molecule has 1 aliphatic heterocycles. The highest BCUT2D eigenvalue weighted by Gasteiger charge is 2.40. The summed E-state index contributed by atoms with van der Waals surface area (Å²) < 4.78 is 0. The van der Waals surface area contributed by atoms with Gasteiger partial charge < -0.3 is 20.4 Å². The molecule has 0 aliphatic carbocycles. The number of aliphatic hydroxyl groups is 1. The molecule has 0 unspecified atom stereocenters. The van der Waals surface area contributed by atoms with E-state index in [4.69, 9.17) is 20.4 Å². The predicted molar refractivity (Wildman–Crippen MR) is 63.8 cm³/mol. The zero-order chi connectivity index (χ0) is 18.4. The molecular formula is C10H10N2O11. The molecule has 0 aromatic heterocycles. The number of amides is 4. The zero-order valence-electron chi connectivity index (χ0n) is 11.1. The third-order valence-corrected chi connectivity index (χ3v) is 2.15. The van der Waals surface area contributed by atoms with E-state index < -0.39 is 60.0 Å². The van der Waals surface area contributed by atoms with Gasteiger partial charge in [0.25, 0.3) is 0 Å². The quantitative estimate of drug-likeness (QED) is 0.272. The van der Waals surface area contributed by atoms with Crippen molar-refractivity contribution in [3.8, 4) is 0 Å². The van der Waals surface area contributed by atoms with Gasteiger partial charge in [0.05, 0.1) is 12.8 Å². The number of ketones is 1. The Morgan fingerprint density at radius 2 is 1.17 bits per heavy atom. The third kappa shape index (κ3) is 6.30. The number of carbonyl (C=O) groups excluding carboxylic acids is 4. The molecular weight excluding hydrogens is 324 g/mol. The van der Waals surface area contributed by atoms with Gasteiger partial charge in [-0.3, -0.25) is 34.6 Å². The Bertz CT molecular complexity index is 556. The van der Waals surface area contributed by atoms with Gasteiger partial charge in [0.15, 0.2) is 5.60 Å². The fourth-order valence-corrected chi connectivity index (χ4v) is 1.17. The molecule has 1 saturated heterocycles. The second-order valence-corrected chi connectivity index (χ2v) is 4.04. The lowest BCUT2D eigenvalue weighted by molar-refractivity contribution is -0.170. The number of hydrogen-bond acceptors (Lipinski definition) is 8. The van der Waals surface area contributed by atoms with Gasteiger partial charge in [-0.25, -0.2) is 9.59 Å². The first kappa shape index (κ1) is 19.7. The van der Waals surface area contributed by atoms with E-state index in [-0.39, 0.29) is 0 Å². The maximum Gasteiger partial charge on any atom is 0.336 e. The van der Waals surface area contributed by atoms with Crippen molar-refractivity contribution in [2.45, 2.75) is 18.4 Å². The highest BCUT2D eigenvalue weighted by molar-refractivity contribution is 6.66.